The van der Waals surface area contributed by atoms with E-state index in [0.29, 0.717) is 5.92 Å². The second kappa shape index (κ2) is 7.10. The maximum Gasteiger partial charge on any atom is 0.244 e. The number of anilines is 1. The van der Waals surface area contributed by atoms with Crippen molar-refractivity contribution >= 4 is 17.7 Å². The highest BCUT2D eigenvalue weighted by Gasteiger charge is 2.20. The molecule has 1 aromatic rings. The zero-order chi connectivity index (χ0) is 14.4. The Morgan fingerprint density at radius 2 is 2.20 bits per heavy atom. The van der Waals surface area contributed by atoms with E-state index < -0.39 is 0 Å². The summed E-state index contributed by atoms with van der Waals surface area (Å²) in [6.45, 7) is 6.29. The van der Waals surface area contributed by atoms with Crippen molar-refractivity contribution in [2.45, 2.75) is 13.3 Å². The average molecular weight is 273 g/mol. The zero-order valence-corrected chi connectivity index (χ0v) is 12.0. The number of nitrogens with one attached hydrogen (secondary N) is 1. The number of benzene rings is 1. The molecular formula is C16H23N3O. The zero-order valence-electron chi connectivity index (χ0n) is 12.0. The van der Waals surface area contributed by atoms with Crippen LogP contribution in [-0.2, 0) is 4.79 Å². The van der Waals surface area contributed by atoms with Crippen molar-refractivity contribution in [1.29, 1.82) is 0 Å². The molecule has 1 heterocycles. The van der Waals surface area contributed by atoms with Crippen molar-refractivity contribution in [3.63, 3.8) is 0 Å². The van der Waals surface area contributed by atoms with Gasteiger partial charge in [0.15, 0.2) is 0 Å². The van der Waals surface area contributed by atoms with Gasteiger partial charge in [-0.15, -0.1) is 0 Å². The lowest BCUT2D eigenvalue weighted by atomic mass is 10.1. The van der Waals surface area contributed by atoms with Gasteiger partial charge in [-0.2, -0.15) is 0 Å². The number of carbonyl (C=O) groups is 1. The Kier molecular flexibility index (Phi) is 5.18. The lowest BCUT2D eigenvalue weighted by molar-refractivity contribution is -0.116. The number of nitrogens with zero attached hydrogens (tertiary/aromatic N) is 1. The lowest BCUT2D eigenvalue weighted by Crippen LogP contribution is -2.29. The number of rotatable bonds is 5. The molecule has 4 heteroatoms. The van der Waals surface area contributed by atoms with Crippen molar-refractivity contribution in [2.75, 3.05) is 31.9 Å². The van der Waals surface area contributed by atoms with Gasteiger partial charge in [-0.05, 0) is 49.2 Å². The van der Waals surface area contributed by atoms with Crippen LogP contribution in [0.1, 0.15) is 18.9 Å². The number of nitrogen functional groups attached to an aromatic ring is 1. The summed E-state index contributed by atoms with van der Waals surface area (Å²) in [5.74, 6) is 0.556. The quantitative estimate of drug-likeness (QED) is 0.634. The molecule has 1 fully saturated rings. The van der Waals surface area contributed by atoms with E-state index in [1.807, 2.05) is 30.3 Å². The third-order valence-electron chi connectivity index (χ3n) is 3.75. The van der Waals surface area contributed by atoms with Crippen molar-refractivity contribution in [3.8, 4) is 0 Å². The van der Waals surface area contributed by atoms with Crippen LogP contribution in [0.4, 0.5) is 5.69 Å². The van der Waals surface area contributed by atoms with E-state index in [9.17, 15) is 4.79 Å². The molecule has 1 amide bonds. The predicted molar refractivity (Wildman–Crippen MR) is 83.1 cm³/mol. The molecule has 20 heavy (non-hydrogen) atoms. The molecule has 4 nitrogen and oxygen atoms in total. The summed E-state index contributed by atoms with van der Waals surface area (Å²) in [5.41, 5.74) is 7.32. The highest BCUT2D eigenvalue weighted by molar-refractivity contribution is 5.91. The van der Waals surface area contributed by atoms with Crippen LogP contribution in [0.2, 0.25) is 0 Å². The van der Waals surface area contributed by atoms with E-state index in [4.69, 9.17) is 5.73 Å². The minimum atomic E-state index is -0.0308. The van der Waals surface area contributed by atoms with Gasteiger partial charge in [0.1, 0.15) is 0 Å². The molecule has 1 aliphatic heterocycles. The average Bonchev–Trinajstić information content (AvgIpc) is 2.92. The van der Waals surface area contributed by atoms with Gasteiger partial charge < -0.3 is 16.0 Å². The molecule has 108 valence electrons. The Morgan fingerprint density at radius 3 is 2.85 bits per heavy atom. The number of likely N-dealkylation sites (tertiary alicyclic amines) is 1. The highest BCUT2D eigenvalue weighted by Crippen LogP contribution is 2.14. The first kappa shape index (κ1) is 14.6. The van der Waals surface area contributed by atoms with Gasteiger partial charge in [0.05, 0.1) is 0 Å². The van der Waals surface area contributed by atoms with Crippen LogP contribution in [-0.4, -0.2) is 37.0 Å². The van der Waals surface area contributed by atoms with Crippen LogP contribution in [0.3, 0.4) is 0 Å². The normalized spacial score (nSPS) is 19.6. The van der Waals surface area contributed by atoms with Gasteiger partial charge in [0, 0.05) is 24.9 Å². The fourth-order valence-electron chi connectivity index (χ4n) is 2.45. The molecule has 0 spiro atoms. The first-order chi connectivity index (χ1) is 9.67. The predicted octanol–water partition coefficient (Wildman–Crippen LogP) is 1.74. The van der Waals surface area contributed by atoms with E-state index >= 15 is 0 Å². The summed E-state index contributed by atoms with van der Waals surface area (Å²) in [5, 5.41) is 2.97. The molecule has 1 atom stereocenters. The van der Waals surface area contributed by atoms with Crippen LogP contribution >= 0.6 is 0 Å². The van der Waals surface area contributed by atoms with Gasteiger partial charge in [-0.25, -0.2) is 0 Å². The standard InChI is InChI=1S/C16H23N3O/c1-2-19-10-9-14(12-19)11-18-16(20)8-5-13-3-6-15(17)7-4-13/h3-8,14H,2,9-12,17H2,1H3,(H,18,20)/b8-5+. The van der Waals surface area contributed by atoms with E-state index in [1.54, 1.807) is 6.08 Å². The molecular weight excluding hydrogens is 250 g/mol. The Bertz CT molecular complexity index is 467. The fourth-order valence-corrected chi connectivity index (χ4v) is 2.45. The van der Waals surface area contributed by atoms with E-state index in [2.05, 4.69) is 17.1 Å². The summed E-state index contributed by atoms with van der Waals surface area (Å²) in [7, 11) is 0. The first-order valence-electron chi connectivity index (χ1n) is 7.21. The molecule has 1 aromatic carbocycles. The van der Waals surface area contributed by atoms with Gasteiger partial charge >= 0.3 is 0 Å². The fraction of sp³-hybridized carbons (Fsp3) is 0.438. The van der Waals surface area contributed by atoms with Crippen LogP contribution in [0.25, 0.3) is 6.08 Å². The third kappa shape index (κ3) is 4.38. The number of nitrogens with two attached hydrogens (primary N) is 1. The summed E-state index contributed by atoms with van der Waals surface area (Å²) >= 11 is 0. The monoisotopic (exact) mass is 273 g/mol. The number of hydrogen-bond acceptors (Lipinski definition) is 3. The van der Waals surface area contributed by atoms with Gasteiger partial charge in [-0.3, -0.25) is 4.79 Å². The second-order valence-electron chi connectivity index (χ2n) is 5.29. The molecule has 1 unspecified atom stereocenters. The minimum Gasteiger partial charge on any atom is -0.399 e. The van der Waals surface area contributed by atoms with Crippen molar-refractivity contribution in [3.05, 3.63) is 35.9 Å². The third-order valence-corrected chi connectivity index (χ3v) is 3.75. The number of amides is 1. The Balaban J connectivity index is 1.74. The minimum absolute atomic E-state index is 0.0308. The summed E-state index contributed by atoms with van der Waals surface area (Å²) in [6.07, 6.45) is 4.57. The SMILES string of the molecule is CCN1CCC(CNC(=O)/C=C/c2ccc(N)cc2)C1. The van der Waals surface area contributed by atoms with Gasteiger partial charge in [-0.1, -0.05) is 19.1 Å². The van der Waals surface area contributed by atoms with Crippen molar-refractivity contribution in [2.24, 2.45) is 5.92 Å². The van der Waals surface area contributed by atoms with Gasteiger partial charge in [0.2, 0.25) is 5.91 Å². The molecule has 2 rings (SSSR count). The van der Waals surface area contributed by atoms with E-state index in [1.165, 1.54) is 6.42 Å². The highest BCUT2D eigenvalue weighted by atomic mass is 16.1. The largest absolute Gasteiger partial charge is 0.399 e. The topological polar surface area (TPSA) is 58.4 Å². The lowest BCUT2D eigenvalue weighted by Gasteiger charge is -2.13. The van der Waals surface area contributed by atoms with Crippen LogP contribution in [0.15, 0.2) is 30.3 Å². The Labute approximate surface area is 120 Å². The first-order valence-corrected chi connectivity index (χ1v) is 7.21. The Morgan fingerprint density at radius 1 is 1.45 bits per heavy atom. The molecule has 1 aliphatic rings. The molecule has 0 aliphatic carbocycles. The maximum atomic E-state index is 11.8. The molecule has 0 aromatic heterocycles. The van der Waals surface area contributed by atoms with E-state index in [-0.39, 0.29) is 5.91 Å². The maximum absolute atomic E-state index is 11.8. The smallest absolute Gasteiger partial charge is 0.244 e. The molecule has 1 saturated heterocycles. The van der Waals surface area contributed by atoms with Crippen molar-refractivity contribution < 1.29 is 4.79 Å². The number of carbonyl (C=O) groups excluding carboxylic acids is 1. The van der Waals surface area contributed by atoms with E-state index in [0.717, 1.165) is 37.4 Å². The molecule has 0 saturated carbocycles. The van der Waals surface area contributed by atoms with Crippen LogP contribution < -0.4 is 11.1 Å². The molecule has 3 N–H and O–H groups in total. The van der Waals surface area contributed by atoms with Crippen LogP contribution in [0.5, 0.6) is 0 Å². The molecule has 0 bridgehead atoms. The second-order valence-corrected chi connectivity index (χ2v) is 5.29. The van der Waals surface area contributed by atoms with Gasteiger partial charge in [0.25, 0.3) is 0 Å². The number of hydrogen-bond donors (Lipinski definition) is 2. The molecule has 0 radical (unpaired) electrons. The summed E-state index contributed by atoms with van der Waals surface area (Å²) in [4.78, 5) is 14.2. The Hall–Kier alpha value is -1.81. The van der Waals surface area contributed by atoms with Crippen molar-refractivity contribution in [1.82, 2.24) is 10.2 Å². The summed E-state index contributed by atoms with van der Waals surface area (Å²) < 4.78 is 0. The van der Waals surface area contributed by atoms with Crippen LogP contribution in [0, 0.1) is 5.92 Å². The summed E-state index contributed by atoms with van der Waals surface area (Å²) in [6, 6.07) is 7.45.